The first-order chi connectivity index (χ1) is 14.2. The Bertz CT molecular complexity index is 1140. The Morgan fingerprint density at radius 2 is 2.21 bits per heavy atom. The van der Waals surface area contributed by atoms with E-state index in [4.69, 9.17) is 5.26 Å². The second-order valence-corrected chi connectivity index (χ2v) is 9.92. The number of rotatable bonds is 4. The molecule has 6 heteroatoms. The van der Waals surface area contributed by atoms with E-state index in [1.807, 2.05) is 24.4 Å². The molecule has 0 radical (unpaired) electrons. The minimum Gasteiger partial charge on any atom is -0.334 e. The molecule has 7 rings (SSSR count). The second-order valence-electron chi connectivity index (χ2n) is 8.94. The van der Waals surface area contributed by atoms with Crippen LogP contribution in [0.4, 0.5) is 0 Å². The number of amides is 1. The molecule has 3 saturated carbocycles. The molecule has 4 aliphatic rings. The molecule has 4 fully saturated rings. The minimum absolute atomic E-state index is 0.123. The van der Waals surface area contributed by atoms with Crippen molar-refractivity contribution in [1.29, 1.82) is 5.26 Å². The van der Waals surface area contributed by atoms with Crippen LogP contribution in [0.15, 0.2) is 41.9 Å². The highest BCUT2D eigenvalue weighted by Crippen LogP contribution is 2.63. The molecule has 2 aromatic heterocycles. The van der Waals surface area contributed by atoms with Crippen molar-refractivity contribution in [2.75, 3.05) is 6.54 Å². The summed E-state index contributed by atoms with van der Waals surface area (Å²) in [6.07, 6.45) is 6.02. The van der Waals surface area contributed by atoms with Gasteiger partial charge in [-0.3, -0.25) is 9.48 Å². The van der Waals surface area contributed by atoms with Crippen LogP contribution in [0.25, 0.3) is 10.9 Å². The van der Waals surface area contributed by atoms with Crippen molar-refractivity contribution in [3.05, 3.63) is 52.3 Å². The third-order valence-electron chi connectivity index (χ3n) is 7.41. The summed E-state index contributed by atoms with van der Waals surface area (Å²) in [5.74, 6) is 1.54. The van der Waals surface area contributed by atoms with Gasteiger partial charge in [0.1, 0.15) is 0 Å². The highest BCUT2D eigenvalue weighted by molar-refractivity contribution is 7.10. The highest BCUT2D eigenvalue weighted by atomic mass is 32.1. The summed E-state index contributed by atoms with van der Waals surface area (Å²) >= 11 is 1.76. The fourth-order valence-electron chi connectivity index (χ4n) is 5.82. The Balaban J connectivity index is 1.18. The zero-order chi connectivity index (χ0) is 19.6. The number of carbonyl (C=O) groups is 1. The molecule has 2 bridgehead atoms. The molecule has 1 amide bonds. The largest absolute Gasteiger partial charge is 0.334 e. The van der Waals surface area contributed by atoms with Crippen LogP contribution in [0.2, 0.25) is 0 Å². The summed E-state index contributed by atoms with van der Waals surface area (Å²) in [7, 11) is 0. The van der Waals surface area contributed by atoms with Crippen LogP contribution in [-0.2, 0) is 11.3 Å². The number of fused-ring (bicyclic) bond motifs is 2. The number of nitrogens with zero attached hydrogens (tertiary/aromatic N) is 4. The van der Waals surface area contributed by atoms with Gasteiger partial charge >= 0.3 is 0 Å². The smallest absolute Gasteiger partial charge is 0.229 e. The normalized spacial score (nSPS) is 30.0. The summed E-state index contributed by atoms with van der Waals surface area (Å²) in [6, 6.07) is 12.5. The Kier molecular flexibility index (Phi) is 3.67. The first-order valence-electron chi connectivity index (χ1n) is 10.4. The van der Waals surface area contributed by atoms with E-state index in [-0.39, 0.29) is 5.41 Å². The maximum absolute atomic E-state index is 13.4. The molecule has 1 saturated heterocycles. The second kappa shape index (κ2) is 6.17. The number of thiophene rings is 1. The molecule has 146 valence electrons. The minimum atomic E-state index is -0.123. The molecular weight excluding hydrogens is 380 g/mol. The summed E-state index contributed by atoms with van der Waals surface area (Å²) in [5.41, 5.74) is 1.62. The van der Waals surface area contributed by atoms with E-state index in [2.05, 4.69) is 38.3 Å². The lowest BCUT2D eigenvalue weighted by Gasteiger charge is -2.48. The summed E-state index contributed by atoms with van der Waals surface area (Å²) < 4.78 is 2.07. The number of likely N-dealkylation sites (tertiary alicyclic amines) is 1. The fourth-order valence-corrected chi connectivity index (χ4v) is 6.70. The SMILES string of the molecule is N#Cc1ccc2c(cnn2CC2CC3(C(=O)N4CCC4c4cccs4)CC2C3)c1. The first-order valence-corrected chi connectivity index (χ1v) is 11.2. The van der Waals surface area contributed by atoms with Crippen LogP contribution in [0.5, 0.6) is 0 Å². The van der Waals surface area contributed by atoms with Crippen LogP contribution in [-0.4, -0.2) is 27.1 Å². The van der Waals surface area contributed by atoms with Gasteiger partial charge in [0.05, 0.1) is 34.8 Å². The van der Waals surface area contributed by atoms with Gasteiger partial charge in [0.25, 0.3) is 0 Å². The predicted octanol–water partition coefficient (Wildman–Crippen LogP) is 4.36. The fraction of sp³-hybridized carbons (Fsp3) is 0.435. The van der Waals surface area contributed by atoms with Gasteiger partial charge in [-0.25, -0.2) is 0 Å². The number of nitriles is 1. The van der Waals surface area contributed by atoms with Gasteiger partial charge in [0.2, 0.25) is 5.91 Å². The Morgan fingerprint density at radius 3 is 2.93 bits per heavy atom. The Morgan fingerprint density at radius 1 is 1.31 bits per heavy atom. The molecule has 2 unspecified atom stereocenters. The van der Waals surface area contributed by atoms with E-state index in [1.54, 1.807) is 11.3 Å². The van der Waals surface area contributed by atoms with Gasteiger partial charge in [0.15, 0.2) is 0 Å². The van der Waals surface area contributed by atoms with Gasteiger partial charge in [0, 0.05) is 23.4 Å². The maximum atomic E-state index is 13.4. The van der Waals surface area contributed by atoms with Crippen molar-refractivity contribution >= 4 is 28.1 Å². The Hall–Kier alpha value is -2.65. The molecule has 3 aliphatic carbocycles. The molecule has 0 N–H and O–H groups in total. The standard InChI is InChI=1S/C23H22N4OS/c24-12-15-3-4-19-16(8-15)13-25-27(19)14-18-11-23(9-17(18)10-23)22(28)26-6-5-20(26)21-2-1-7-29-21/h1-4,7-8,13,17-18,20H,5-6,9-11,14H2. The van der Waals surface area contributed by atoms with Crippen LogP contribution in [0.1, 0.15) is 42.2 Å². The van der Waals surface area contributed by atoms with E-state index in [1.165, 1.54) is 4.88 Å². The topological polar surface area (TPSA) is 61.9 Å². The van der Waals surface area contributed by atoms with Crippen molar-refractivity contribution in [2.45, 2.75) is 38.3 Å². The van der Waals surface area contributed by atoms with Gasteiger partial charge in [-0.15, -0.1) is 11.3 Å². The molecule has 1 aromatic carbocycles. The lowest BCUT2D eigenvalue weighted by molar-refractivity contribution is -0.154. The lowest BCUT2D eigenvalue weighted by Crippen LogP contribution is -2.53. The number of carbonyl (C=O) groups excluding carboxylic acids is 1. The van der Waals surface area contributed by atoms with Crippen molar-refractivity contribution in [2.24, 2.45) is 17.3 Å². The van der Waals surface area contributed by atoms with E-state index >= 15 is 0 Å². The number of benzene rings is 1. The molecular formula is C23H22N4OS. The first kappa shape index (κ1) is 17.2. The van der Waals surface area contributed by atoms with E-state index in [9.17, 15) is 4.79 Å². The molecule has 0 spiro atoms. The maximum Gasteiger partial charge on any atom is 0.229 e. The van der Waals surface area contributed by atoms with Gasteiger partial charge in [-0.2, -0.15) is 10.4 Å². The molecule has 3 aromatic rings. The summed E-state index contributed by atoms with van der Waals surface area (Å²) in [6.45, 7) is 1.77. The van der Waals surface area contributed by atoms with E-state index in [0.717, 1.165) is 49.7 Å². The molecule has 2 atom stereocenters. The number of aromatic nitrogens is 2. The molecule has 29 heavy (non-hydrogen) atoms. The molecule has 1 aliphatic heterocycles. The highest BCUT2D eigenvalue weighted by Gasteiger charge is 2.62. The number of hydrogen-bond donors (Lipinski definition) is 0. The van der Waals surface area contributed by atoms with Gasteiger partial charge < -0.3 is 4.90 Å². The predicted molar refractivity (Wildman–Crippen MR) is 111 cm³/mol. The van der Waals surface area contributed by atoms with Gasteiger partial charge in [-0.1, -0.05) is 6.07 Å². The molecule has 5 nitrogen and oxygen atoms in total. The van der Waals surface area contributed by atoms with Crippen LogP contribution in [0.3, 0.4) is 0 Å². The van der Waals surface area contributed by atoms with Crippen molar-refractivity contribution in [3.8, 4) is 6.07 Å². The quantitative estimate of drug-likeness (QED) is 0.651. The van der Waals surface area contributed by atoms with E-state index < -0.39 is 0 Å². The third kappa shape index (κ3) is 2.50. The van der Waals surface area contributed by atoms with Crippen LogP contribution >= 0.6 is 11.3 Å². The zero-order valence-electron chi connectivity index (χ0n) is 16.1. The zero-order valence-corrected chi connectivity index (χ0v) is 16.9. The third-order valence-corrected chi connectivity index (χ3v) is 8.38. The monoisotopic (exact) mass is 402 g/mol. The average Bonchev–Trinajstić information content (AvgIpc) is 3.44. The van der Waals surface area contributed by atoms with E-state index in [0.29, 0.717) is 29.3 Å². The lowest BCUT2D eigenvalue weighted by atomic mass is 9.67. The average molecular weight is 403 g/mol. The summed E-state index contributed by atoms with van der Waals surface area (Å²) in [4.78, 5) is 16.9. The van der Waals surface area contributed by atoms with Crippen LogP contribution in [0, 0.1) is 28.6 Å². The van der Waals surface area contributed by atoms with Crippen LogP contribution < -0.4 is 0 Å². The van der Waals surface area contributed by atoms with Crippen molar-refractivity contribution in [1.82, 2.24) is 14.7 Å². The summed E-state index contributed by atoms with van der Waals surface area (Å²) in [5, 5.41) is 16.8. The Labute approximate surface area is 173 Å². The number of hydrogen-bond acceptors (Lipinski definition) is 4. The molecule has 3 heterocycles. The van der Waals surface area contributed by atoms with Gasteiger partial charge in [-0.05, 0) is 67.2 Å². The van der Waals surface area contributed by atoms with Crippen molar-refractivity contribution < 1.29 is 4.79 Å². The van der Waals surface area contributed by atoms with Crippen molar-refractivity contribution in [3.63, 3.8) is 0 Å².